The summed E-state index contributed by atoms with van der Waals surface area (Å²) in [5, 5.41) is 2.13. The molecule has 2 heterocycles. The number of furan rings is 1. The zero-order valence-electron chi connectivity index (χ0n) is 30.1. The maximum atomic E-state index is 6.66. The fourth-order valence-corrected chi connectivity index (χ4v) is 9.31. The highest BCUT2D eigenvalue weighted by Gasteiger charge is 2.51. The number of fused-ring (bicyclic) bond motifs is 13. The van der Waals surface area contributed by atoms with E-state index >= 15 is 0 Å². The number of hydrogen-bond acceptors (Lipinski definition) is 4. The molecule has 0 radical (unpaired) electrons. The van der Waals surface area contributed by atoms with E-state index in [1.807, 2.05) is 60.7 Å². The van der Waals surface area contributed by atoms with Crippen molar-refractivity contribution in [2.24, 2.45) is 0 Å². The molecule has 0 saturated carbocycles. The molecule has 0 fully saturated rings. The van der Waals surface area contributed by atoms with Crippen LogP contribution in [0.4, 0.5) is 0 Å². The Morgan fingerprint density at radius 2 is 0.696 bits per heavy atom. The van der Waals surface area contributed by atoms with E-state index in [0.29, 0.717) is 17.5 Å². The van der Waals surface area contributed by atoms with E-state index in [-0.39, 0.29) is 5.41 Å². The summed E-state index contributed by atoms with van der Waals surface area (Å²) in [6.07, 6.45) is 0. The molecule has 12 rings (SSSR count). The molecule has 0 unspecified atom stereocenters. The minimum absolute atomic E-state index is 0.384. The van der Waals surface area contributed by atoms with Crippen molar-refractivity contribution in [1.29, 1.82) is 0 Å². The second kappa shape index (κ2) is 11.8. The molecule has 2 aliphatic carbocycles. The Labute approximate surface area is 323 Å². The van der Waals surface area contributed by atoms with Crippen LogP contribution in [0.5, 0.6) is 0 Å². The van der Waals surface area contributed by atoms with Crippen molar-refractivity contribution >= 4 is 21.9 Å². The minimum Gasteiger partial charge on any atom is -0.456 e. The Morgan fingerprint density at radius 1 is 0.304 bits per heavy atom. The Balaban J connectivity index is 0.985. The van der Waals surface area contributed by atoms with Gasteiger partial charge in [0.25, 0.3) is 0 Å². The van der Waals surface area contributed by atoms with E-state index in [1.54, 1.807) is 0 Å². The summed E-state index contributed by atoms with van der Waals surface area (Å²) in [6, 6.07) is 66.8. The van der Waals surface area contributed by atoms with Crippen molar-refractivity contribution < 1.29 is 4.42 Å². The molecule has 4 nitrogen and oxygen atoms in total. The fraction of sp³-hybridized carbons (Fsp3) is 0.0192. The SMILES string of the molecule is c1ccc(-c2nc(-c3ccccc3)nc(-c3ccc4c(c3)oc3cc(-c5ccc6c(c5)C5(c7ccccc7-c7ccccc75)c5ccccc5-6)ccc34)n2)cc1. The molecule has 8 aromatic carbocycles. The average Bonchev–Trinajstić information content (AvgIpc) is 3.90. The second-order valence-corrected chi connectivity index (χ2v) is 14.7. The van der Waals surface area contributed by atoms with Crippen LogP contribution < -0.4 is 0 Å². The second-order valence-electron chi connectivity index (χ2n) is 14.7. The van der Waals surface area contributed by atoms with Gasteiger partial charge >= 0.3 is 0 Å². The summed E-state index contributed by atoms with van der Waals surface area (Å²) in [5.74, 6) is 1.86. The Hall–Kier alpha value is -7.43. The van der Waals surface area contributed by atoms with Gasteiger partial charge in [-0.25, -0.2) is 15.0 Å². The molecule has 0 N–H and O–H groups in total. The Morgan fingerprint density at radius 3 is 1.23 bits per heavy atom. The first-order chi connectivity index (χ1) is 27.7. The molecule has 0 amide bonds. The van der Waals surface area contributed by atoms with Gasteiger partial charge in [0.1, 0.15) is 11.2 Å². The lowest BCUT2D eigenvalue weighted by Crippen LogP contribution is -2.25. The molecule has 1 spiro atoms. The summed E-state index contributed by atoms with van der Waals surface area (Å²) in [5.41, 5.74) is 16.8. The highest BCUT2D eigenvalue weighted by atomic mass is 16.3. The quantitative estimate of drug-likeness (QED) is 0.182. The molecule has 260 valence electrons. The maximum Gasteiger partial charge on any atom is 0.164 e. The van der Waals surface area contributed by atoms with Crippen LogP contribution in [0.2, 0.25) is 0 Å². The first-order valence-electron chi connectivity index (χ1n) is 19.0. The molecular formula is C52H31N3O. The van der Waals surface area contributed by atoms with Crippen molar-refractivity contribution in [3.8, 4) is 67.5 Å². The van der Waals surface area contributed by atoms with Crippen LogP contribution in [0.1, 0.15) is 22.3 Å². The highest BCUT2D eigenvalue weighted by Crippen LogP contribution is 2.63. The Bertz CT molecular complexity index is 3080. The van der Waals surface area contributed by atoms with E-state index in [2.05, 4.69) is 127 Å². The molecule has 0 bridgehead atoms. The van der Waals surface area contributed by atoms with Gasteiger partial charge in [0.2, 0.25) is 0 Å². The predicted octanol–water partition coefficient (Wildman–Crippen LogP) is 12.8. The number of rotatable bonds is 4. The lowest BCUT2D eigenvalue weighted by molar-refractivity contribution is 0.669. The molecule has 4 heteroatoms. The van der Waals surface area contributed by atoms with Crippen LogP contribution in [0.25, 0.3) is 89.5 Å². The van der Waals surface area contributed by atoms with Crippen LogP contribution in [0.15, 0.2) is 192 Å². The zero-order valence-corrected chi connectivity index (χ0v) is 30.1. The predicted molar refractivity (Wildman–Crippen MR) is 225 cm³/mol. The number of nitrogens with zero attached hydrogens (tertiary/aromatic N) is 3. The number of aromatic nitrogens is 3. The summed E-state index contributed by atoms with van der Waals surface area (Å²) in [7, 11) is 0. The Kier molecular flexibility index (Phi) is 6.52. The van der Waals surface area contributed by atoms with Gasteiger partial charge in [-0.2, -0.15) is 0 Å². The standard InChI is InChI=1S/C52H31N3O/c1-3-13-32(14-4-1)49-53-50(33-15-5-2-6-16-33)55-51(54-49)36-25-28-42-41-27-24-35(30-47(41)56-48(42)31-36)34-23-26-40-39-19-9-12-22-45(39)52(46(40)29-34)43-20-10-7-17-37(43)38-18-8-11-21-44(38)52/h1-31H. The maximum absolute atomic E-state index is 6.66. The van der Waals surface area contributed by atoms with Crippen LogP contribution in [0.3, 0.4) is 0 Å². The monoisotopic (exact) mass is 713 g/mol. The van der Waals surface area contributed by atoms with E-state index in [9.17, 15) is 0 Å². The summed E-state index contributed by atoms with van der Waals surface area (Å²) in [6.45, 7) is 0. The van der Waals surface area contributed by atoms with Crippen molar-refractivity contribution in [2.45, 2.75) is 5.41 Å². The van der Waals surface area contributed by atoms with E-state index in [0.717, 1.165) is 49.8 Å². The van der Waals surface area contributed by atoms with Gasteiger partial charge in [0, 0.05) is 27.5 Å². The van der Waals surface area contributed by atoms with E-state index < -0.39 is 0 Å². The van der Waals surface area contributed by atoms with Gasteiger partial charge in [-0.1, -0.05) is 158 Å². The van der Waals surface area contributed by atoms with Crippen molar-refractivity contribution in [3.05, 3.63) is 210 Å². The largest absolute Gasteiger partial charge is 0.456 e. The molecule has 10 aromatic rings. The van der Waals surface area contributed by atoms with E-state index in [1.165, 1.54) is 44.5 Å². The molecule has 2 aromatic heterocycles. The smallest absolute Gasteiger partial charge is 0.164 e. The van der Waals surface area contributed by atoms with Crippen molar-refractivity contribution in [3.63, 3.8) is 0 Å². The third kappa shape index (κ3) is 4.38. The van der Waals surface area contributed by atoms with Gasteiger partial charge in [-0.05, 0) is 86.0 Å². The fourth-order valence-electron chi connectivity index (χ4n) is 9.31. The van der Waals surface area contributed by atoms with Crippen LogP contribution in [0, 0.1) is 0 Å². The van der Waals surface area contributed by atoms with Crippen molar-refractivity contribution in [1.82, 2.24) is 15.0 Å². The summed E-state index contributed by atoms with van der Waals surface area (Å²) in [4.78, 5) is 14.8. The van der Waals surface area contributed by atoms with Crippen LogP contribution in [-0.4, -0.2) is 15.0 Å². The average molecular weight is 714 g/mol. The van der Waals surface area contributed by atoms with Crippen molar-refractivity contribution in [2.75, 3.05) is 0 Å². The third-order valence-corrected chi connectivity index (χ3v) is 11.8. The van der Waals surface area contributed by atoms with Crippen LogP contribution in [-0.2, 0) is 5.41 Å². The van der Waals surface area contributed by atoms with Gasteiger partial charge in [0.05, 0.1) is 5.41 Å². The first-order valence-corrected chi connectivity index (χ1v) is 19.0. The van der Waals surface area contributed by atoms with Crippen LogP contribution >= 0.6 is 0 Å². The van der Waals surface area contributed by atoms with Gasteiger partial charge in [-0.3, -0.25) is 0 Å². The van der Waals surface area contributed by atoms with Gasteiger partial charge in [0.15, 0.2) is 17.5 Å². The zero-order chi connectivity index (χ0) is 36.8. The third-order valence-electron chi connectivity index (χ3n) is 11.8. The molecule has 56 heavy (non-hydrogen) atoms. The molecule has 2 aliphatic rings. The molecular weight excluding hydrogens is 683 g/mol. The topological polar surface area (TPSA) is 51.8 Å². The lowest BCUT2D eigenvalue weighted by Gasteiger charge is -2.30. The number of benzene rings is 8. The lowest BCUT2D eigenvalue weighted by atomic mass is 9.70. The van der Waals surface area contributed by atoms with Gasteiger partial charge < -0.3 is 4.42 Å². The number of hydrogen-bond donors (Lipinski definition) is 0. The summed E-state index contributed by atoms with van der Waals surface area (Å²) >= 11 is 0. The molecule has 0 atom stereocenters. The normalized spacial score (nSPS) is 13.1. The summed E-state index contributed by atoms with van der Waals surface area (Å²) < 4.78 is 6.66. The highest BCUT2D eigenvalue weighted by molar-refractivity contribution is 6.07. The van der Waals surface area contributed by atoms with E-state index in [4.69, 9.17) is 19.4 Å². The minimum atomic E-state index is -0.384. The first kappa shape index (κ1) is 31.0. The van der Waals surface area contributed by atoms with Gasteiger partial charge in [-0.15, -0.1) is 0 Å². The molecule has 0 aliphatic heterocycles. The molecule has 0 saturated heterocycles.